The first-order valence-electron chi connectivity index (χ1n) is 25.0. The van der Waals surface area contributed by atoms with Crippen LogP contribution in [0.3, 0.4) is 0 Å². The lowest BCUT2D eigenvalue weighted by atomic mass is 10.0. The van der Waals surface area contributed by atoms with Gasteiger partial charge in [0.25, 0.3) is 0 Å². The zero-order valence-corrected chi connectivity index (χ0v) is 45.7. The Morgan fingerprint density at radius 3 is 1.04 bits per heavy atom. The number of benzene rings is 7. The van der Waals surface area contributed by atoms with Gasteiger partial charge in [-0.25, -0.2) is 30.7 Å². The highest BCUT2D eigenvalue weighted by Gasteiger charge is 2.11. The minimum atomic E-state index is -0.767. The van der Waals surface area contributed by atoms with Crippen LogP contribution in [-0.4, -0.2) is 0 Å². The van der Waals surface area contributed by atoms with Crippen molar-refractivity contribution >= 4 is 0 Å². The zero-order chi connectivity index (χ0) is 54.7. The lowest BCUT2D eigenvalue weighted by molar-refractivity contribution is 0.494. The first-order chi connectivity index (χ1) is 33.8. The maximum absolute atomic E-state index is 12.9. The van der Waals surface area contributed by atoms with Gasteiger partial charge in [0.15, 0.2) is 11.6 Å². The smallest absolute Gasteiger partial charge is 0.162 e. The van der Waals surface area contributed by atoms with Gasteiger partial charge in [-0.1, -0.05) is 227 Å². The van der Waals surface area contributed by atoms with Crippen molar-refractivity contribution in [2.24, 2.45) is 0 Å². The molecule has 7 heteroatoms. The van der Waals surface area contributed by atoms with Gasteiger partial charge in [-0.3, -0.25) is 0 Å². The van der Waals surface area contributed by atoms with E-state index in [9.17, 15) is 30.7 Å². The third-order valence-corrected chi connectivity index (χ3v) is 11.2. The van der Waals surface area contributed by atoms with Crippen molar-refractivity contribution in [1.29, 1.82) is 0 Å². The molecule has 74 heavy (non-hydrogen) atoms. The summed E-state index contributed by atoms with van der Waals surface area (Å²) in [6, 6.07) is 46.2. The summed E-state index contributed by atoms with van der Waals surface area (Å²) >= 11 is 0. The SMILES string of the molecule is C.C.CC(C)c1c(F)cccc1F.CC(C)c1cccc(F)c1.CC(C)c1cccc(F)c1F.CC(C)c1ccccc1.CC(C)c1ccccc1F.Cc1cc(F)cc(C(C)C)c1.Cc1ccc(C(C)C)cc1. The highest BCUT2D eigenvalue weighted by atomic mass is 19.2. The summed E-state index contributed by atoms with van der Waals surface area (Å²) in [5.41, 5.74) is 8.70. The second-order valence-corrected chi connectivity index (χ2v) is 19.8. The van der Waals surface area contributed by atoms with Crippen molar-refractivity contribution in [2.45, 2.75) is 167 Å². The van der Waals surface area contributed by atoms with E-state index in [-0.39, 0.29) is 55.6 Å². The lowest BCUT2D eigenvalue weighted by Gasteiger charge is -2.06. The van der Waals surface area contributed by atoms with Crippen LogP contribution in [0, 0.1) is 54.6 Å². The van der Waals surface area contributed by atoms with E-state index >= 15 is 0 Å². The van der Waals surface area contributed by atoms with Crippen LogP contribution < -0.4 is 0 Å². The monoisotopic (exact) mass is 1030 g/mol. The Labute approximate surface area is 444 Å². The van der Waals surface area contributed by atoms with Crippen LogP contribution in [-0.2, 0) is 0 Å². The fourth-order valence-electron chi connectivity index (χ4n) is 6.72. The van der Waals surface area contributed by atoms with Crippen LogP contribution >= 0.6 is 0 Å². The normalized spacial score (nSPS) is 10.2. The predicted molar refractivity (Wildman–Crippen MR) is 306 cm³/mol. The first-order valence-corrected chi connectivity index (χ1v) is 25.0. The highest BCUT2D eigenvalue weighted by molar-refractivity contribution is 5.27. The molecule has 0 aliphatic carbocycles. The topological polar surface area (TPSA) is 0 Å². The van der Waals surface area contributed by atoms with Gasteiger partial charge in [-0.2, -0.15) is 0 Å². The van der Waals surface area contributed by atoms with E-state index in [1.807, 2.05) is 65.0 Å². The molecule has 0 atom stereocenters. The van der Waals surface area contributed by atoms with Gasteiger partial charge < -0.3 is 0 Å². The van der Waals surface area contributed by atoms with Crippen molar-refractivity contribution in [2.75, 3.05) is 0 Å². The summed E-state index contributed by atoms with van der Waals surface area (Å²) in [5, 5.41) is 0. The minimum Gasteiger partial charge on any atom is -0.207 e. The average Bonchev–Trinajstić information content (AvgIpc) is 3.31. The molecular formula is C67H89F7. The summed E-state index contributed by atoms with van der Waals surface area (Å²) in [4.78, 5) is 0. The van der Waals surface area contributed by atoms with E-state index in [0.29, 0.717) is 29.2 Å². The average molecular weight is 1030 g/mol. The molecular weight excluding hydrogens is 938 g/mol. The van der Waals surface area contributed by atoms with Crippen LogP contribution in [0.2, 0.25) is 0 Å². The highest BCUT2D eigenvalue weighted by Crippen LogP contribution is 2.23. The number of halogens is 7. The Bertz CT molecular complexity index is 2510. The second kappa shape index (κ2) is 36.9. The van der Waals surface area contributed by atoms with Gasteiger partial charge in [0, 0.05) is 5.56 Å². The Morgan fingerprint density at radius 1 is 0.270 bits per heavy atom. The second-order valence-electron chi connectivity index (χ2n) is 19.8. The number of rotatable bonds is 7. The van der Waals surface area contributed by atoms with Gasteiger partial charge in [-0.05, 0) is 143 Å². The van der Waals surface area contributed by atoms with Crippen LogP contribution in [0.25, 0.3) is 0 Å². The van der Waals surface area contributed by atoms with Gasteiger partial charge in [0.2, 0.25) is 0 Å². The number of aryl methyl sites for hydroxylation is 2. The Balaban J connectivity index is 0. The van der Waals surface area contributed by atoms with E-state index in [0.717, 1.165) is 28.3 Å². The van der Waals surface area contributed by atoms with Crippen molar-refractivity contribution < 1.29 is 30.7 Å². The van der Waals surface area contributed by atoms with E-state index in [4.69, 9.17) is 0 Å². The van der Waals surface area contributed by atoms with Crippen molar-refractivity contribution in [3.05, 3.63) is 249 Å². The fraction of sp³-hybridized carbons (Fsp3) is 0.373. The molecule has 0 unspecified atom stereocenters. The maximum atomic E-state index is 12.9. The van der Waals surface area contributed by atoms with Gasteiger partial charge in [-0.15, -0.1) is 0 Å². The molecule has 0 aliphatic heterocycles. The van der Waals surface area contributed by atoms with Crippen molar-refractivity contribution in [1.82, 2.24) is 0 Å². The Hall–Kier alpha value is -5.95. The third kappa shape index (κ3) is 27.4. The standard InChI is InChI=1S/C10H13F.C10H14.2C9H10F2.2C9H11F.C9H12.2CH4/c1-7(2)9-4-8(3)5-10(11)6-9;1-8(2)10-6-4-9(3)5-7-10;1-6(2)9-7(10)4-3-5-8(9)11;1-6(2)7-4-3-5-8(10)9(7)11;1-7(2)8-4-3-5-9(10)6-8;1-7(2)8-5-3-4-6-9(8)10;1-8(2)9-6-4-3-5-7-9;;/h4-7H,1-3H3;4-8H,1-3H3;2*3-6H,1-2H3;2*3-7H,1-2H3;3-8H,1-2H3;2*1H4. The fourth-order valence-corrected chi connectivity index (χ4v) is 6.72. The molecule has 0 aromatic heterocycles. The first kappa shape index (κ1) is 70.1. The third-order valence-electron chi connectivity index (χ3n) is 11.2. The van der Waals surface area contributed by atoms with Gasteiger partial charge in [0.05, 0.1) is 0 Å². The van der Waals surface area contributed by atoms with Crippen LogP contribution in [0.15, 0.2) is 158 Å². The van der Waals surface area contributed by atoms with E-state index in [1.54, 1.807) is 50.2 Å². The molecule has 0 nitrogen and oxygen atoms in total. The van der Waals surface area contributed by atoms with E-state index in [2.05, 4.69) is 111 Å². The van der Waals surface area contributed by atoms with E-state index in [1.165, 1.54) is 53.1 Å². The van der Waals surface area contributed by atoms with Gasteiger partial charge >= 0.3 is 0 Å². The summed E-state index contributed by atoms with van der Waals surface area (Å²) < 4.78 is 89.3. The molecule has 0 aliphatic rings. The quantitative estimate of drug-likeness (QED) is 0.140. The molecule has 0 bridgehead atoms. The lowest BCUT2D eigenvalue weighted by Crippen LogP contribution is -1.96. The van der Waals surface area contributed by atoms with E-state index < -0.39 is 23.3 Å². The number of hydrogen-bond donors (Lipinski definition) is 0. The molecule has 406 valence electrons. The molecule has 7 aromatic rings. The Morgan fingerprint density at radius 2 is 0.662 bits per heavy atom. The molecule has 0 fully saturated rings. The van der Waals surface area contributed by atoms with Crippen LogP contribution in [0.5, 0.6) is 0 Å². The van der Waals surface area contributed by atoms with Crippen LogP contribution in [0.1, 0.15) is 203 Å². The molecule has 0 saturated carbocycles. The molecule has 0 saturated heterocycles. The molecule has 0 spiro atoms. The number of hydrogen-bond acceptors (Lipinski definition) is 0. The largest absolute Gasteiger partial charge is 0.207 e. The summed E-state index contributed by atoms with van der Waals surface area (Å²) in [7, 11) is 0. The molecule has 0 radical (unpaired) electrons. The molecule has 7 rings (SSSR count). The van der Waals surface area contributed by atoms with Crippen LogP contribution in [0.4, 0.5) is 30.7 Å². The molecule has 0 amide bonds. The van der Waals surface area contributed by atoms with Gasteiger partial charge in [0.1, 0.15) is 29.1 Å². The minimum absolute atomic E-state index is 0. The maximum Gasteiger partial charge on any atom is 0.162 e. The molecule has 0 heterocycles. The summed E-state index contributed by atoms with van der Waals surface area (Å²) in [5.74, 6) is -0.439. The summed E-state index contributed by atoms with van der Waals surface area (Å²) in [6.45, 7) is 32.3. The molecule has 0 N–H and O–H groups in total. The summed E-state index contributed by atoms with van der Waals surface area (Å²) in [6.07, 6.45) is 0. The predicted octanol–water partition coefficient (Wildman–Crippen LogP) is 22.5. The molecule has 7 aromatic carbocycles. The Kier molecular flexibility index (Phi) is 35.0. The van der Waals surface area contributed by atoms with Crippen molar-refractivity contribution in [3.63, 3.8) is 0 Å². The zero-order valence-electron chi connectivity index (χ0n) is 45.7. The van der Waals surface area contributed by atoms with Crippen molar-refractivity contribution in [3.8, 4) is 0 Å².